The number of carboxylic acid groups (broad SMARTS) is 2. The molecule has 13 heterocycles. The average molecular weight is 1460 g/mol. The number of fused-ring (bicyclic) bond motifs is 3. The van der Waals surface area contributed by atoms with E-state index in [1.807, 2.05) is 76.4 Å². The maximum atomic E-state index is 14.6. The number of anilines is 10. The first-order valence-electron chi connectivity index (χ1n) is 37.9. The van der Waals surface area contributed by atoms with E-state index in [2.05, 4.69) is 71.1 Å². The maximum Gasteiger partial charge on any atom is 0.317 e. The number of aromatic amines is 3. The third kappa shape index (κ3) is 17.5. The van der Waals surface area contributed by atoms with E-state index in [1.54, 1.807) is 23.3 Å². The van der Waals surface area contributed by atoms with Gasteiger partial charge in [0.1, 0.15) is 87.2 Å². The molecule has 33 nitrogen and oxygen atoms in total. The summed E-state index contributed by atoms with van der Waals surface area (Å²) in [5, 5.41) is 46.9. The van der Waals surface area contributed by atoms with Crippen LogP contribution in [-0.2, 0) is 9.59 Å². The van der Waals surface area contributed by atoms with E-state index in [0.29, 0.717) is 150 Å². The molecule has 107 heavy (non-hydrogen) atoms. The van der Waals surface area contributed by atoms with Crippen LogP contribution in [0, 0.1) is 5.92 Å². The Morgan fingerprint density at radius 2 is 0.981 bits per heavy atom. The van der Waals surface area contributed by atoms with Gasteiger partial charge in [0.05, 0.1) is 31.2 Å². The van der Waals surface area contributed by atoms with Gasteiger partial charge in [0.25, 0.3) is 11.7 Å². The summed E-state index contributed by atoms with van der Waals surface area (Å²) in [6.45, 7) is 11.3. The van der Waals surface area contributed by atoms with Crippen molar-refractivity contribution in [1.82, 2.24) is 75.3 Å². The van der Waals surface area contributed by atoms with Gasteiger partial charge in [0, 0.05) is 109 Å². The average Bonchev–Trinajstić information content (AvgIpc) is 1.04. The fourth-order valence-corrected chi connectivity index (χ4v) is 15.5. The zero-order valence-electron chi connectivity index (χ0n) is 60.2. The second kappa shape index (κ2) is 33.4. The van der Waals surface area contributed by atoms with E-state index in [9.17, 15) is 34.2 Å². The minimum atomic E-state index is -0.983. The van der Waals surface area contributed by atoms with E-state index >= 15 is 0 Å². The predicted molar refractivity (Wildman–Crippen MR) is 404 cm³/mol. The molecule has 0 bridgehead atoms. The summed E-state index contributed by atoms with van der Waals surface area (Å²) in [5.74, 6) is 3.27. The number of nitrogens with one attached hydrogen (secondary N) is 7. The highest BCUT2D eigenvalue weighted by atomic mass is 16.5. The second-order valence-corrected chi connectivity index (χ2v) is 28.7. The summed E-state index contributed by atoms with van der Waals surface area (Å²) in [6, 6.07) is 18.9. The van der Waals surface area contributed by atoms with Crippen molar-refractivity contribution >= 4 is 103 Å². The quantitative estimate of drug-likeness (QED) is 0.0324. The molecule has 6 aliphatic rings. The third-order valence-electron chi connectivity index (χ3n) is 21.2. The van der Waals surface area contributed by atoms with Crippen LogP contribution >= 0.6 is 0 Å². The number of nitrogens with zero attached hydrogens (tertiary/aromatic N) is 17. The number of rotatable bonds is 24. The topological polar surface area (TPSA) is 373 Å². The highest BCUT2D eigenvalue weighted by Gasteiger charge is 2.38. The zero-order chi connectivity index (χ0) is 73.2. The summed E-state index contributed by atoms with van der Waals surface area (Å²) in [4.78, 5) is 115. The molecule has 15 rings (SSSR count). The summed E-state index contributed by atoms with van der Waals surface area (Å²) < 4.78 is 16.1. The minimum absolute atomic E-state index is 0.164. The van der Waals surface area contributed by atoms with Crippen LogP contribution in [0.15, 0.2) is 99.8 Å². The van der Waals surface area contributed by atoms with Gasteiger partial charge in [-0.2, -0.15) is 20.1 Å². The SMILES string of the molecule is O=C(O)CC1CCN(c2ccc(Nc3nc(N4CCCCCC4)nc4c[n+](C5CN(CCOc6ccc(Nc7nc(N8CCCCCC8)nc8c[n+](C9CN(CCOc%10ccc(Nc%11nc(N%12CCCCCC%12)nc%12cn[nH]c(=O)c%11%12)cc%10)CCN9CC(=O)O)[nH]c(=O)c78)cc6)CCN5)[nH]c(=O)c34)cn2)CC1. The Bertz CT molecular complexity index is 4770. The van der Waals surface area contributed by atoms with E-state index in [4.69, 9.17) is 44.4 Å². The van der Waals surface area contributed by atoms with Crippen molar-refractivity contribution in [2.75, 3.05) is 160 Å². The van der Waals surface area contributed by atoms with Gasteiger partial charge in [-0.3, -0.25) is 39.1 Å². The number of ether oxygens (including phenoxy) is 2. The van der Waals surface area contributed by atoms with E-state index in [0.717, 1.165) is 155 Å². The highest BCUT2D eigenvalue weighted by Crippen LogP contribution is 2.32. The Kier molecular flexibility index (Phi) is 22.4. The van der Waals surface area contributed by atoms with Gasteiger partial charge in [0.2, 0.25) is 36.4 Å². The Morgan fingerprint density at radius 1 is 0.495 bits per heavy atom. The number of aromatic nitrogens is 13. The Hall–Kier alpha value is -10.8. The maximum absolute atomic E-state index is 14.6. The molecular weight excluding hydrogens is 1370 g/mol. The van der Waals surface area contributed by atoms with Gasteiger partial charge in [-0.05, 0) is 118 Å². The summed E-state index contributed by atoms with van der Waals surface area (Å²) in [7, 11) is 0. The van der Waals surface area contributed by atoms with Crippen LogP contribution < -0.4 is 76.4 Å². The predicted octanol–water partition coefficient (Wildman–Crippen LogP) is 5.77. The number of carboxylic acids is 2. The fraction of sp³-hybridized carbons (Fsp3) is 0.500. The number of piperidine rings is 1. The number of H-pyrrole nitrogens is 3. The first kappa shape index (κ1) is 71.8. The number of aliphatic carboxylic acids is 2. The number of benzene rings is 2. The zero-order valence-corrected chi connectivity index (χ0v) is 60.2. The van der Waals surface area contributed by atoms with E-state index < -0.39 is 23.7 Å². The Labute approximate surface area is 616 Å². The van der Waals surface area contributed by atoms with Crippen LogP contribution in [0.25, 0.3) is 32.7 Å². The highest BCUT2D eigenvalue weighted by molar-refractivity contribution is 5.92. The van der Waals surface area contributed by atoms with Gasteiger partial charge in [-0.15, -0.1) is 10.2 Å². The molecule has 0 amide bonds. The van der Waals surface area contributed by atoms with Crippen LogP contribution in [0.3, 0.4) is 0 Å². The molecule has 6 fully saturated rings. The molecule has 2 atom stereocenters. The van der Waals surface area contributed by atoms with Crippen LogP contribution in [0.2, 0.25) is 0 Å². The molecule has 9 N–H and O–H groups in total. The number of pyridine rings is 1. The minimum Gasteiger partial charge on any atom is -0.492 e. The summed E-state index contributed by atoms with van der Waals surface area (Å²) in [6.07, 6.45) is 20.8. The largest absolute Gasteiger partial charge is 0.492 e. The van der Waals surface area contributed by atoms with Gasteiger partial charge < -0.3 is 55.2 Å². The lowest BCUT2D eigenvalue weighted by Gasteiger charge is -2.36. The molecule has 7 aromatic heterocycles. The molecule has 562 valence electrons. The fourth-order valence-electron chi connectivity index (χ4n) is 15.5. The van der Waals surface area contributed by atoms with Crippen LogP contribution in [-0.4, -0.2) is 217 Å². The second-order valence-electron chi connectivity index (χ2n) is 28.7. The van der Waals surface area contributed by atoms with Crippen molar-refractivity contribution in [3.8, 4) is 11.5 Å². The summed E-state index contributed by atoms with van der Waals surface area (Å²) >= 11 is 0. The van der Waals surface area contributed by atoms with Gasteiger partial charge >= 0.3 is 23.1 Å². The van der Waals surface area contributed by atoms with E-state index in [1.165, 1.54) is 0 Å². The van der Waals surface area contributed by atoms with Crippen molar-refractivity contribution in [2.45, 2.75) is 109 Å². The molecule has 2 aromatic carbocycles. The molecule has 6 aliphatic heterocycles. The Balaban J connectivity index is 0.592. The van der Waals surface area contributed by atoms with E-state index in [-0.39, 0.29) is 41.6 Å². The third-order valence-corrected chi connectivity index (χ3v) is 21.2. The lowest BCUT2D eigenvalue weighted by Crippen LogP contribution is -2.63. The van der Waals surface area contributed by atoms with Gasteiger partial charge in [-0.1, -0.05) is 47.9 Å². The molecule has 6 saturated heterocycles. The van der Waals surface area contributed by atoms with Crippen LogP contribution in [0.4, 0.5) is 58.2 Å². The van der Waals surface area contributed by atoms with Crippen molar-refractivity contribution in [2.24, 2.45) is 5.92 Å². The first-order chi connectivity index (χ1) is 52.3. The lowest BCUT2D eigenvalue weighted by molar-refractivity contribution is -0.796. The summed E-state index contributed by atoms with van der Waals surface area (Å²) in [5.41, 5.74) is 2.28. The Morgan fingerprint density at radius 3 is 1.50 bits per heavy atom. The molecule has 33 heteroatoms. The lowest BCUT2D eigenvalue weighted by atomic mass is 9.94. The van der Waals surface area contributed by atoms with Crippen LogP contribution in [0.1, 0.15) is 109 Å². The van der Waals surface area contributed by atoms with Crippen molar-refractivity contribution < 1.29 is 38.6 Å². The normalized spacial score (nSPS) is 19.1. The monoisotopic (exact) mass is 1460 g/mol. The van der Waals surface area contributed by atoms with Crippen LogP contribution in [0.5, 0.6) is 11.5 Å². The molecule has 2 unspecified atom stereocenters. The number of hydrogen-bond donors (Lipinski definition) is 9. The first-order valence-corrected chi connectivity index (χ1v) is 37.9. The number of carbonyl (C=O) groups is 2. The number of piperazine rings is 2. The van der Waals surface area contributed by atoms with Crippen molar-refractivity contribution in [3.63, 3.8) is 0 Å². The van der Waals surface area contributed by atoms with Gasteiger partial charge in [-0.25, -0.2) is 29.9 Å². The molecule has 0 saturated carbocycles. The molecule has 0 aliphatic carbocycles. The molecule has 0 spiro atoms. The standard InChI is InChI=1S/C74H92N24O9/c99-61(100)41-49-23-32-92(33-24-49)58-22-17-52(42-76-58)80-68-64-56(82-73(86-68)94-28-9-3-4-10-29-94)44-97(88-70(64)104)59-46-90(34-25-75-59)37-39-106-53-20-15-51(16-21-53)79-67-65-57(83-74(85-67)95-30-11-5-6-12-31-95)45-98(89-71(65)105)60-47-91(35-36-96(60)48-62(101)102)38-40-107-54-18-13-50(14-19-54)78-66-63-55(43-77-87-69(63)103)81-72(84-66)93-26-7-1-2-8-27-93/h13-22,42-45,49,59-60,75H,1-12,23-41,46-48H2,(H6-2,78,79,80,81,82,83,84,85,86,87,88,89,99,100,101,102,103,104,105)/p+2. The molecule has 0 radical (unpaired) electrons. The number of hydrogen-bond acceptors (Lipinski definition) is 26. The molecule has 9 aromatic rings. The smallest absolute Gasteiger partial charge is 0.317 e. The molecular formula is C74H94N24O9+2. The van der Waals surface area contributed by atoms with Crippen molar-refractivity contribution in [1.29, 1.82) is 0 Å². The van der Waals surface area contributed by atoms with Crippen molar-refractivity contribution in [3.05, 3.63) is 117 Å². The van der Waals surface area contributed by atoms with Gasteiger partial charge in [0.15, 0.2) is 0 Å².